The Morgan fingerprint density at radius 1 is 1.38 bits per heavy atom. The minimum atomic E-state index is -0.484. The third kappa shape index (κ3) is 3.73. The fourth-order valence-corrected chi connectivity index (χ4v) is 3.32. The van der Waals surface area contributed by atoms with Crippen LogP contribution in [0.25, 0.3) is 0 Å². The molecule has 0 atom stereocenters. The molecule has 0 fully saturated rings. The van der Waals surface area contributed by atoms with E-state index in [1.165, 1.54) is 4.57 Å². The van der Waals surface area contributed by atoms with Gasteiger partial charge in [0.15, 0.2) is 11.5 Å². The fraction of sp³-hybridized carbons (Fsp3) is 0.375. The average molecular weight is 370 g/mol. The van der Waals surface area contributed by atoms with Crippen LogP contribution in [0.15, 0.2) is 22.3 Å². The maximum absolute atomic E-state index is 12.0. The van der Waals surface area contributed by atoms with Crippen LogP contribution in [0.3, 0.4) is 0 Å². The number of rotatable bonds is 4. The number of ether oxygens (including phenoxy) is 3. The van der Waals surface area contributed by atoms with Gasteiger partial charge < -0.3 is 14.2 Å². The molecule has 1 aliphatic rings. The molecule has 0 saturated heterocycles. The lowest BCUT2D eigenvalue weighted by Crippen LogP contribution is -2.22. The molecular weight excluding hydrogens is 354 g/mol. The van der Waals surface area contributed by atoms with Crippen molar-refractivity contribution in [3.8, 4) is 11.5 Å². The summed E-state index contributed by atoms with van der Waals surface area (Å²) in [6, 6.07) is 3.44. The second-order valence-electron chi connectivity index (χ2n) is 5.35. The molecule has 0 unspecified atom stereocenters. The SMILES string of the molecule is Cc1csc(=O)n1CC(=O)OCc1cc(Cl)c2c(c1)OCCCO2. The Hall–Kier alpha value is -1.99. The number of hydrogen-bond donors (Lipinski definition) is 0. The fourth-order valence-electron chi connectivity index (χ4n) is 2.30. The summed E-state index contributed by atoms with van der Waals surface area (Å²) in [4.78, 5) is 23.4. The number of benzene rings is 1. The smallest absolute Gasteiger partial charge is 0.326 e. The molecule has 0 N–H and O–H groups in total. The van der Waals surface area contributed by atoms with Gasteiger partial charge in [0.25, 0.3) is 0 Å². The zero-order chi connectivity index (χ0) is 17.1. The Kier molecular flexibility index (Phi) is 5.11. The highest BCUT2D eigenvalue weighted by Gasteiger charge is 2.16. The van der Waals surface area contributed by atoms with Crippen molar-refractivity contribution < 1.29 is 19.0 Å². The molecule has 0 spiro atoms. The number of fused-ring (bicyclic) bond motifs is 1. The second-order valence-corrected chi connectivity index (χ2v) is 6.57. The zero-order valence-electron chi connectivity index (χ0n) is 13.0. The number of carbonyl (C=O) groups excluding carboxylic acids is 1. The highest BCUT2D eigenvalue weighted by Crippen LogP contribution is 2.38. The molecule has 6 nitrogen and oxygen atoms in total. The third-order valence-electron chi connectivity index (χ3n) is 3.53. The molecule has 0 bridgehead atoms. The van der Waals surface area contributed by atoms with Crippen molar-refractivity contribution >= 4 is 28.9 Å². The molecule has 8 heteroatoms. The van der Waals surface area contributed by atoms with Gasteiger partial charge in [-0.2, -0.15) is 0 Å². The number of thiazole rings is 1. The Labute approximate surface area is 147 Å². The minimum absolute atomic E-state index is 0.0487. The Morgan fingerprint density at radius 2 is 2.17 bits per heavy atom. The van der Waals surface area contributed by atoms with Crippen LogP contribution in [0.2, 0.25) is 5.02 Å². The van der Waals surface area contributed by atoms with E-state index in [1.54, 1.807) is 24.4 Å². The number of esters is 1. The van der Waals surface area contributed by atoms with Gasteiger partial charge in [-0.15, -0.1) is 0 Å². The quantitative estimate of drug-likeness (QED) is 0.775. The molecule has 1 aliphatic heterocycles. The van der Waals surface area contributed by atoms with Crippen molar-refractivity contribution in [2.75, 3.05) is 13.2 Å². The van der Waals surface area contributed by atoms with E-state index in [1.807, 2.05) is 0 Å². The lowest BCUT2D eigenvalue weighted by atomic mass is 10.2. The lowest BCUT2D eigenvalue weighted by molar-refractivity contribution is -0.145. The molecule has 24 heavy (non-hydrogen) atoms. The number of carbonyl (C=O) groups is 1. The van der Waals surface area contributed by atoms with E-state index >= 15 is 0 Å². The molecule has 128 valence electrons. The molecule has 0 saturated carbocycles. The predicted molar refractivity (Wildman–Crippen MR) is 90.2 cm³/mol. The Balaban J connectivity index is 1.66. The molecule has 1 aromatic carbocycles. The maximum atomic E-state index is 12.0. The summed E-state index contributed by atoms with van der Waals surface area (Å²) in [5.41, 5.74) is 1.44. The largest absolute Gasteiger partial charge is 0.489 e. The maximum Gasteiger partial charge on any atom is 0.326 e. The van der Waals surface area contributed by atoms with Gasteiger partial charge in [0.1, 0.15) is 13.2 Å². The highest BCUT2D eigenvalue weighted by molar-refractivity contribution is 7.07. The molecule has 0 radical (unpaired) electrons. The molecule has 2 aromatic rings. The molecule has 0 aliphatic carbocycles. The van der Waals surface area contributed by atoms with Crippen LogP contribution in [0.1, 0.15) is 17.7 Å². The van der Waals surface area contributed by atoms with E-state index < -0.39 is 5.97 Å². The number of halogens is 1. The van der Waals surface area contributed by atoms with Crippen molar-refractivity contribution in [1.29, 1.82) is 0 Å². The van der Waals surface area contributed by atoms with Crippen LogP contribution in [0, 0.1) is 6.92 Å². The summed E-state index contributed by atoms with van der Waals surface area (Å²) in [5.74, 6) is 0.586. The summed E-state index contributed by atoms with van der Waals surface area (Å²) in [6.07, 6.45) is 0.782. The average Bonchev–Trinajstić information content (AvgIpc) is 2.77. The normalized spacial score (nSPS) is 13.4. The van der Waals surface area contributed by atoms with Crippen LogP contribution in [0.4, 0.5) is 0 Å². The van der Waals surface area contributed by atoms with Crippen LogP contribution in [-0.2, 0) is 22.7 Å². The van der Waals surface area contributed by atoms with Crippen LogP contribution < -0.4 is 14.3 Å². The minimum Gasteiger partial charge on any atom is -0.489 e. The number of nitrogens with zero attached hydrogens (tertiary/aromatic N) is 1. The monoisotopic (exact) mass is 369 g/mol. The van der Waals surface area contributed by atoms with Gasteiger partial charge >= 0.3 is 10.8 Å². The van der Waals surface area contributed by atoms with Gasteiger partial charge in [0, 0.05) is 17.5 Å². The molecular formula is C16H16ClNO5S. The first-order chi connectivity index (χ1) is 11.5. The van der Waals surface area contributed by atoms with Gasteiger partial charge in [0.05, 0.1) is 18.2 Å². The lowest BCUT2D eigenvalue weighted by Gasteiger charge is -2.12. The van der Waals surface area contributed by atoms with E-state index in [0.717, 1.165) is 23.5 Å². The van der Waals surface area contributed by atoms with Crippen molar-refractivity contribution in [3.05, 3.63) is 43.5 Å². The zero-order valence-corrected chi connectivity index (χ0v) is 14.6. The van der Waals surface area contributed by atoms with E-state index in [0.29, 0.717) is 35.3 Å². The van der Waals surface area contributed by atoms with Crippen LogP contribution >= 0.6 is 22.9 Å². The number of aromatic nitrogens is 1. The Bertz CT molecular complexity index is 813. The predicted octanol–water partition coefficient (Wildman–Crippen LogP) is 2.78. The first kappa shape index (κ1) is 16.9. The first-order valence-electron chi connectivity index (χ1n) is 7.43. The van der Waals surface area contributed by atoms with Crippen LogP contribution in [0.5, 0.6) is 11.5 Å². The van der Waals surface area contributed by atoms with E-state index in [-0.39, 0.29) is 18.0 Å². The van der Waals surface area contributed by atoms with E-state index in [9.17, 15) is 9.59 Å². The van der Waals surface area contributed by atoms with Crippen molar-refractivity contribution in [3.63, 3.8) is 0 Å². The van der Waals surface area contributed by atoms with Gasteiger partial charge in [-0.1, -0.05) is 22.9 Å². The number of hydrogen-bond acceptors (Lipinski definition) is 6. The van der Waals surface area contributed by atoms with Gasteiger partial charge in [-0.3, -0.25) is 14.2 Å². The third-order valence-corrected chi connectivity index (χ3v) is 4.69. The molecule has 2 heterocycles. The topological polar surface area (TPSA) is 66.8 Å². The van der Waals surface area contributed by atoms with Crippen LogP contribution in [-0.4, -0.2) is 23.8 Å². The van der Waals surface area contributed by atoms with Crippen molar-refractivity contribution in [2.24, 2.45) is 0 Å². The molecule has 3 rings (SSSR count). The summed E-state index contributed by atoms with van der Waals surface area (Å²) >= 11 is 7.26. The van der Waals surface area contributed by atoms with Gasteiger partial charge in [-0.05, 0) is 24.6 Å². The van der Waals surface area contributed by atoms with Gasteiger partial charge in [-0.25, -0.2) is 0 Å². The first-order valence-corrected chi connectivity index (χ1v) is 8.69. The summed E-state index contributed by atoms with van der Waals surface area (Å²) in [6.45, 7) is 2.82. The van der Waals surface area contributed by atoms with E-state index in [4.69, 9.17) is 25.8 Å². The summed E-state index contributed by atoms with van der Waals surface area (Å²) in [5, 5.41) is 2.13. The van der Waals surface area contributed by atoms with Gasteiger partial charge in [0.2, 0.25) is 0 Å². The van der Waals surface area contributed by atoms with E-state index in [2.05, 4.69) is 0 Å². The van der Waals surface area contributed by atoms with Crippen molar-refractivity contribution in [2.45, 2.75) is 26.5 Å². The molecule has 0 amide bonds. The highest BCUT2D eigenvalue weighted by atomic mass is 35.5. The Morgan fingerprint density at radius 3 is 2.92 bits per heavy atom. The summed E-state index contributed by atoms with van der Waals surface area (Å²) < 4.78 is 17.8. The summed E-state index contributed by atoms with van der Waals surface area (Å²) in [7, 11) is 0. The molecule has 1 aromatic heterocycles. The van der Waals surface area contributed by atoms with Crippen molar-refractivity contribution in [1.82, 2.24) is 4.57 Å². The standard InChI is InChI=1S/C16H16ClNO5S/c1-10-9-24-16(20)18(10)7-14(19)23-8-11-5-12(17)15-13(6-11)21-3-2-4-22-15/h5-6,9H,2-4,7-8H2,1H3. The second kappa shape index (κ2) is 7.27. The number of aryl methyl sites for hydroxylation is 1.